The molecule has 24 heavy (non-hydrogen) atoms. The first-order chi connectivity index (χ1) is 11.7. The lowest BCUT2D eigenvalue weighted by Gasteiger charge is -2.06. The highest BCUT2D eigenvalue weighted by Gasteiger charge is 2.07. The molecule has 1 N–H and O–H groups in total. The Labute approximate surface area is 144 Å². The van der Waals surface area contributed by atoms with Crippen molar-refractivity contribution in [1.82, 2.24) is 5.43 Å². The van der Waals surface area contributed by atoms with Gasteiger partial charge in [0, 0.05) is 4.88 Å². The first-order valence-corrected chi connectivity index (χ1v) is 8.32. The summed E-state index contributed by atoms with van der Waals surface area (Å²) in [7, 11) is 0. The number of hydrogen-bond acceptors (Lipinski definition) is 6. The summed E-state index contributed by atoms with van der Waals surface area (Å²) < 4.78 is 10.4. The summed E-state index contributed by atoms with van der Waals surface area (Å²) in [4.78, 5) is 24.2. The van der Waals surface area contributed by atoms with Gasteiger partial charge in [-0.1, -0.05) is 13.0 Å². The van der Waals surface area contributed by atoms with Gasteiger partial charge in [-0.05, 0) is 42.1 Å². The lowest BCUT2D eigenvalue weighted by Crippen LogP contribution is -2.24. The van der Waals surface area contributed by atoms with E-state index >= 15 is 0 Å². The highest BCUT2D eigenvalue weighted by Crippen LogP contribution is 2.13. The molecule has 6 nitrogen and oxygen atoms in total. The van der Waals surface area contributed by atoms with E-state index in [4.69, 9.17) is 9.47 Å². The van der Waals surface area contributed by atoms with Crippen LogP contribution in [0, 0.1) is 0 Å². The van der Waals surface area contributed by atoms with Gasteiger partial charge < -0.3 is 9.47 Å². The molecule has 0 atom stereocenters. The molecule has 2 rings (SSSR count). The van der Waals surface area contributed by atoms with E-state index in [1.165, 1.54) is 11.3 Å². The van der Waals surface area contributed by atoms with Crippen molar-refractivity contribution >= 4 is 29.4 Å². The third-order valence-electron chi connectivity index (χ3n) is 2.82. The minimum atomic E-state index is -0.371. The Morgan fingerprint density at radius 2 is 2.04 bits per heavy atom. The molecule has 1 aromatic heterocycles. The molecule has 126 valence electrons. The maximum atomic E-state index is 11.7. The lowest BCUT2D eigenvalue weighted by atomic mass is 10.2. The summed E-state index contributed by atoms with van der Waals surface area (Å²) >= 11 is 1.52. The molecule has 0 radical (unpaired) electrons. The minimum Gasteiger partial charge on any atom is -0.484 e. The van der Waals surface area contributed by atoms with Gasteiger partial charge in [0.25, 0.3) is 5.91 Å². The van der Waals surface area contributed by atoms with Crippen molar-refractivity contribution in [3.8, 4) is 5.75 Å². The SMILES string of the molecule is CCCOC(=O)c1ccc(OCC(=O)NN=Cc2cccs2)cc1. The number of hydrazone groups is 1. The van der Waals surface area contributed by atoms with Crippen LogP contribution < -0.4 is 10.2 Å². The Kier molecular flexibility index (Phi) is 6.97. The van der Waals surface area contributed by atoms with Crippen molar-refractivity contribution in [2.24, 2.45) is 5.10 Å². The molecular weight excluding hydrogens is 328 g/mol. The third kappa shape index (κ3) is 5.85. The van der Waals surface area contributed by atoms with Crippen LogP contribution in [0.2, 0.25) is 0 Å². The normalized spacial score (nSPS) is 10.5. The van der Waals surface area contributed by atoms with Crippen molar-refractivity contribution < 1.29 is 19.1 Å². The monoisotopic (exact) mass is 346 g/mol. The standard InChI is InChI=1S/C17H18N2O4S/c1-2-9-22-17(21)13-5-7-14(8-6-13)23-12-16(20)19-18-11-15-4-3-10-24-15/h3-8,10-11H,2,9,12H2,1H3,(H,19,20). The number of esters is 1. The largest absolute Gasteiger partial charge is 0.484 e. The average molecular weight is 346 g/mol. The third-order valence-corrected chi connectivity index (χ3v) is 3.63. The number of amides is 1. The van der Waals surface area contributed by atoms with Gasteiger partial charge >= 0.3 is 5.97 Å². The second kappa shape index (κ2) is 9.46. The molecular formula is C17H18N2O4S. The number of thiophene rings is 1. The van der Waals surface area contributed by atoms with E-state index in [0.29, 0.717) is 17.9 Å². The van der Waals surface area contributed by atoms with Crippen LogP contribution in [0.25, 0.3) is 0 Å². The number of ether oxygens (including phenoxy) is 2. The molecule has 7 heteroatoms. The van der Waals surface area contributed by atoms with E-state index in [1.54, 1.807) is 30.5 Å². The zero-order valence-corrected chi connectivity index (χ0v) is 14.0. The van der Waals surface area contributed by atoms with Crippen LogP contribution in [0.15, 0.2) is 46.9 Å². The summed E-state index contributed by atoms with van der Waals surface area (Å²) in [5, 5.41) is 5.76. The number of hydrogen-bond donors (Lipinski definition) is 1. The fourth-order valence-corrected chi connectivity index (χ4v) is 2.26. The Hall–Kier alpha value is -2.67. The fourth-order valence-electron chi connectivity index (χ4n) is 1.68. The van der Waals surface area contributed by atoms with Crippen molar-refractivity contribution in [2.45, 2.75) is 13.3 Å². The number of nitrogens with zero attached hydrogens (tertiary/aromatic N) is 1. The smallest absolute Gasteiger partial charge is 0.338 e. The Morgan fingerprint density at radius 1 is 1.25 bits per heavy atom. The zero-order chi connectivity index (χ0) is 17.2. The van der Waals surface area contributed by atoms with Gasteiger partial charge in [-0.2, -0.15) is 5.10 Å². The maximum Gasteiger partial charge on any atom is 0.338 e. The summed E-state index contributed by atoms with van der Waals surface area (Å²) in [6.45, 7) is 2.16. The van der Waals surface area contributed by atoms with Crippen molar-refractivity contribution in [1.29, 1.82) is 0 Å². The fraction of sp³-hybridized carbons (Fsp3) is 0.235. The summed E-state index contributed by atoms with van der Waals surface area (Å²) in [5.74, 6) is -0.252. The van der Waals surface area contributed by atoms with Crippen LogP contribution in [0.5, 0.6) is 5.75 Å². The van der Waals surface area contributed by atoms with Crippen LogP contribution in [0.3, 0.4) is 0 Å². The molecule has 0 aliphatic rings. The van der Waals surface area contributed by atoms with E-state index < -0.39 is 0 Å². The molecule has 0 saturated carbocycles. The molecule has 0 unspecified atom stereocenters. The quantitative estimate of drug-likeness (QED) is 0.453. The molecule has 2 aromatic rings. The van der Waals surface area contributed by atoms with Crippen molar-refractivity contribution in [3.05, 3.63) is 52.2 Å². The van der Waals surface area contributed by atoms with Gasteiger partial charge in [-0.15, -0.1) is 11.3 Å². The van der Waals surface area contributed by atoms with E-state index in [1.807, 2.05) is 24.4 Å². The van der Waals surface area contributed by atoms with E-state index in [2.05, 4.69) is 10.5 Å². The number of nitrogens with one attached hydrogen (secondary N) is 1. The van der Waals surface area contributed by atoms with E-state index in [9.17, 15) is 9.59 Å². The second-order valence-electron chi connectivity index (χ2n) is 4.76. The van der Waals surface area contributed by atoms with Crippen LogP contribution in [0.4, 0.5) is 0 Å². The molecule has 0 aliphatic heterocycles. The van der Waals surface area contributed by atoms with Crippen LogP contribution in [0.1, 0.15) is 28.6 Å². The van der Waals surface area contributed by atoms with Gasteiger partial charge in [0.05, 0.1) is 18.4 Å². The molecule has 0 spiro atoms. The molecule has 1 amide bonds. The van der Waals surface area contributed by atoms with E-state index in [0.717, 1.165) is 11.3 Å². The number of rotatable bonds is 8. The summed E-state index contributed by atoms with van der Waals surface area (Å²) in [5.41, 5.74) is 2.83. The Morgan fingerprint density at radius 3 is 2.71 bits per heavy atom. The van der Waals surface area contributed by atoms with Gasteiger partial charge in [-0.25, -0.2) is 10.2 Å². The van der Waals surface area contributed by atoms with Crippen LogP contribution >= 0.6 is 11.3 Å². The summed E-state index contributed by atoms with van der Waals surface area (Å²) in [6, 6.07) is 10.2. The minimum absolute atomic E-state index is 0.165. The first kappa shape index (κ1) is 17.7. The van der Waals surface area contributed by atoms with Crippen molar-refractivity contribution in [2.75, 3.05) is 13.2 Å². The van der Waals surface area contributed by atoms with Gasteiger partial charge in [-0.3, -0.25) is 4.79 Å². The lowest BCUT2D eigenvalue weighted by molar-refractivity contribution is -0.123. The van der Waals surface area contributed by atoms with E-state index in [-0.39, 0.29) is 18.5 Å². The predicted molar refractivity (Wildman–Crippen MR) is 92.6 cm³/mol. The Balaban J connectivity index is 1.75. The second-order valence-corrected chi connectivity index (χ2v) is 5.74. The van der Waals surface area contributed by atoms with Crippen LogP contribution in [-0.2, 0) is 9.53 Å². The average Bonchev–Trinajstić information content (AvgIpc) is 3.11. The predicted octanol–water partition coefficient (Wildman–Crippen LogP) is 2.84. The molecule has 0 saturated heterocycles. The molecule has 0 fully saturated rings. The molecule has 1 heterocycles. The van der Waals surface area contributed by atoms with Gasteiger partial charge in [0.2, 0.25) is 0 Å². The van der Waals surface area contributed by atoms with Crippen LogP contribution in [-0.4, -0.2) is 31.3 Å². The highest BCUT2D eigenvalue weighted by atomic mass is 32.1. The number of carbonyl (C=O) groups excluding carboxylic acids is 2. The summed E-state index contributed by atoms with van der Waals surface area (Å²) in [6.07, 6.45) is 2.34. The van der Waals surface area contributed by atoms with Crippen molar-refractivity contribution in [3.63, 3.8) is 0 Å². The molecule has 0 bridgehead atoms. The molecule has 0 aliphatic carbocycles. The first-order valence-electron chi connectivity index (χ1n) is 7.44. The zero-order valence-electron chi connectivity index (χ0n) is 13.2. The maximum absolute atomic E-state index is 11.7. The Bertz CT molecular complexity index is 681. The number of carbonyl (C=O) groups is 2. The highest BCUT2D eigenvalue weighted by molar-refractivity contribution is 7.11. The van der Waals surface area contributed by atoms with Gasteiger partial charge in [0.1, 0.15) is 5.75 Å². The molecule has 1 aromatic carbocycles. The topological polar surface area (TPSA) is 77.0 Å². The number of benzene rings is 1. The van der Waals surface area contributed by atoms with Gasteiger partial charge in [0.15, 0.2) is 6.61 Å².